The molecule has 0 amide bonds. The van der Waals surface area contributed by atoms with Crippen LogP contribution in [0.1, 0.15) is 0 Å². The Kier molecular flexibility index (Phi) is 4.72. The zero-order valence-electron chi connectivity index (χ0n) is 7.65. The summed E-state index contributed by atoms with van der Waals surface area (Å²) in [5.41, 5.74) is 3.04. The minimum Gasteiger partial charge on any atom is -0.412 e. The molecule has 0 aliphatic rings. The highest BCUT2D eigenvalue weighted by Crippen LogP contribution is 2.15. The number of nitrogens with zero attached hydrogens (tertiary/aromatic N) is 1. The molecular weight excluding hydrogens is 220 g/mol. The first kappa shape index (κ1) is 13.4. The maximum Gasteiger partial charge on any atom is 0.248 e. The third kappa shape index (κ3) is 2.44. The molecule has 0 unspecified atom stereocenters. The van der Waals surface area contributed by atoms with Gasteiger partial charge >= 0.3 is 0 Å². The average Bonchev–Trinajstić information content (AvgIpc) is 2.16. The third-order valence-electron chi connectivity index (χ3n) is 1.79. The van der Waals surface area contributed by atoms with Crippen LogP contribution < -0.4 is 16.8 Å². The van der Waals surface area contributed by atoms with E-state index >= 15 is 0 Å². The zero-order valence-corrected chi connectivity index (χ0v) is 8.47. The van der Waals surface area contributed by atoms with E-state index in [1.807, 2.05) is 0 Å². The summed E-state index contributed by atoms with van der Waals surface area (Å²) in [4.78, 5) is 17.6. The van der Waals surface area contributed by atoms with Crippen LogP contribution in [0.15, 0.2) is 29.2 Å². The van der Waals surface area contributed by atoms with Crippen LogP contribution in [0.25, 0.3) is 10.9 Å². The highest BCUT2D eigenvalue weighted by molar-refractivity contribution is 5.88. The number of hydrogen-bond donors (Lipinski definition) is 3. The monoisotopic (exact) mass is 230 g/mol. The van der Waals surface area contributed by atoms with Crippen molar-refractivity contribution in [2.45, 2.75) is 0 Å². The summed E-state index contributed by atoms with van der Waals surface area (Å²) in [6.45, 7) is 0. The van der Waals surface area contributed by atoms with E-state index in [0.717, 1.165) is 10.9 Å². The van der Waals surface area contributed by atoms with Gasteiger partial charge in [0.15, 0.2) is 0 Å². The Morgan fingerprint density at radius 1 is 1.33 bits per heavy atom. The number of nitrogens with two attached hydrogens (primary N) is 1. The molecule has 0 radical (unpaired) electrons. The van der Waals surface area contributed by atoms with Gasteiger partial charge in [-0.05, 0) is 12.1 Å². The van der Waals surface area contributed by atoms with E-state index in [1.54, 1.807) is 18.3 Å². The van der Waals surface area contributed by atoms with E-state index in [-0.39, 0.29) is 23.4 Å². The number of rotatable bonds is 1. The Bertz CT molecular complexity index is 499. The Hall–Kier alpha value is -1.63. The molecule has 0 aliphatic carbocycles. The SMILES string of the molecule is Cl.NNc1nccc2[nH]c(=O)ccc12.O. The van der Waals surface area contributed by atoms with E-state index in [0.29, 0.717) is 5.82 Å². The smallest absolute Gasteiger partial charge is 0.248 e. The number of hydrazine groups is 1. The molecule has 0 spiro atoms. The van der Waals surface area contributed by atoms with Crippen LogP contribution in [0.4, 0.5) is 5.82 Å². The Morgan fingerprint density at radius 3 is 2.73 bits per heavy atom. The predicted molar refractivity (Wildman–Crippen MR) is 61.0 cm³/mol. The summed E-state index contributed by atoms with van der Waals surface area (Å²) in [5, 5.41) is 0.796. The Balaban J connectivity index is 0.000000980. The fourth-order valence-electron chi connectivity index (χ4n) is 1.20. The highest BCUT2D eigenvalue weighted by Gasteiger charge is 1.99. The van der Waals surface area contributed by atoms with E-state index in [9.17, 15) is 4.79 Å². The summed E-state index contributed by atoms with van der Waals surface area (Å²) in [7, 11) is 0. The largest absolute Gasteiger partial charge is 0.412 e. The van der Waals surface area contributed by atoms with Gasteiger partial charge in [0.1, 0.15) is 5.82 Å². The van der Waals surface area contributed by atoms with Crippen LogP contribution in [0.5, 0.6) is 0 Å². The second kappa shape index (κ2) is 5.30. The quantitative estimate of drug-likeness (QED) is 0.465. The van der Waals surface area contributed by atoms with E-state index in [1.165, 1.54) is 6.07 Å². The molecule has 6 nitrogen and oxygen atoms in total. The van der Waals surface area contributed by atoms with Crippen molar-refractivity contribution in [3.63, 3.8) is 0 Å². The average molecular weight is 231 g/mol. The maximum atomic E-state index is 11.0. The summed E-state index contributed by atoms with van der Waals surface area (Å²) < 4.78 is 0. The molecule has 82 valence electrons. The highest BCUT2D eigenvalue weighted by atomic mass is 35.5. The number of nitrogen functional groups attached to an aromatic ring is 1. The lowest BCUT2D eigenvalue weighted by molar-refractivity contribution is 0.824. The number of aromatic amines is 1. The molecule has 2 heterocycles. The van der Waals surface area contributed by atoms with Crippen LogP contribution in [-0.2, 0) is 0 Å². The molecule has 0 aliphatic heterocycles. The van der Waals surface area contributed by atoms with Gasteiger partial charge in [-0.25, -0.2) is 10.8 Å². The summed E-state index contributed by atoms with van der Waals surface area (Å²) in [6, 6.07) is 4.83. The Morgan fingerprint density at radius 2 is 2.07 bits per heavy atom. The Labute approximate surface area is 91.2 Å². The lowest BCUT2D eigenvalue weighted by atomic mass is 10.2. The topological polar surface area (TPSA) is 115 Å². The van der Waals surface area contributed by atoms with E-state index < -0.39 is 0 Å². The lowest BCUT2D eigenvalue weighted by Gasteiger charge is -2.02. The predicted octanol–water partition coefficient (Wildman–Crippen LogP) is -0.194. The van der Waals surface area contributed by atoms with Crippen molar-refractivity contribution < 1.29 is 5.48 Å². The number of fused-ring (bicyclic) bond motifs is 1. The molecule has 2 rings (SSSR count). The number of H-pyrrole nitrogens is 1. The molecule has 0 fully saturated rings. The van der Waals surface area contributed by atoms with Gasteiger partial charge in [0.05, 0.1) is 5.52 Å². The van der Waals surface area contributed by atoms with Gasteiger partial charge in [-0.3, -0.25) is 4.79 Å². The molecule has 6 N–H and O–H groups in total. The molecule has 2 aromatic rings. The van der Waals surface area contributed by atoms with Crippen LogP contribution in [0.3, 0.4) is 0 Å². The van der Waals surface area contributed by atoms with Gasteiger partial charge < -0.3 is 15.9 Å². The fraction of sp³-hybridized carbons (Fsp3) is 0. The van der Waals surface area contributed by atoms with Gasteiger partial charge in [-0.15, -0.1) is 12.4 Å². The molecule has 0 bridgehead atoms. The first-order valence-electron chi connectivity index (χ1n) is 3.76. The zero-order chi connectivity index (χ0) is 9.26. The molecular formula is C8H11ClN4O2. The first-order valence-corrected chi connectivity index (χ1v) is 3.76. The van der Waals surface area contributed by atoms with Gasteiger partial charge in [0.2, 0.25) is 5.56 Å². The van der Waals surface area contributed by atoms with E-state index in [2.05, 4.69) is 15.4 Å². The second-order valence-corrected chi connectivity index (χ2v) is 2.59. The van der Waals surface area contributed by atoms with Crippen LogP contribution in [-0.4, -0.2) is 15.4 Å². The first-order chi connectivity index (χ1) is 6.31. The summed E-state index contributed by atoms with van der Waals surface area (Å²) >= 11 is 0. The number of hydrogen-bond acceptors (Lipinski definition) is 4. The molecule has 2 aromatic heterocycles. The molecule has 0 aromatic carbocycles. The third-order valence-corrected chi connectivity index (χ3v) is 1.79. The van der Waals surface area contributed by atoms with Crippen molar-refractivity contribution in [3.8, 4) is 0 Å². The van der Waals surface area contributed by atoms with Crippen molar-refractivity contribution in [1.29, 1.82) is 0 Å². The molecule has 0 saturated heterocycles. The number of halogens is 1. The number of anilines is 1. The fourth-order valence-corrected chi connectivity index (χ4v) is 1.20. The van der Waals surface area contributed by atoms with Crippen LogP contribution in [0.2, 0.25) is 0 Å². The standard InChI is InChI=1S/C8H8N4O.ClH.H2O/c9-12-8-5-1-2-7(13)11-6(5)3-4-10-8;;/h1-4H,9H2,(H,10,12)(H,11,13);1H;1H2. The molecule has 0 atom stereocenters. The van der Waals surface area contributed by atoms with Crippen molar-refractivity contribution in [1.82, 2.24) is 9.97 Å². The molecule has 0 saturated carbocycles. The van der Waals surface area contributed by atoms with E-state index in [4.69, 9.17) is 5.84 Å². The molecule has 7 heteroatoms. The van der Waals surface area contributed by atoms with Crippen molar-refractivity contribution in [2.75, 3.05) is 5.43 Å². The minimum atomic E-state index is -0.137. The van der Waals surface area contributed by atoms with Crippen molar-refractivity contribution >= 4 is 29.1 Å². The van der Waals surface area contributed by atoms with Crippen LogP contribution in [0, 0.1) is 0 Å². The van der Waals surface area contributed by atoms with Gasteiger partial charge in [0.25, 0.3) is 0 Å². The second-order valence-electron chi connectivity index (χ2n) is 2.59. The van der Waals surface area contributed by atoms with Gasteiger partial charge in [-0.1, -0.05) is 0 Å². The van der Waals surface area contributed by atoms with Gasteiger partial charge in [-0.2, -0.15) is 0 Å². The normalized spacial score (nSPS) is 8.87. The number of pyridine rings is 2. The summed E-state index contributed by atoms with van der Waals surface area (Å²) in [6.07, 6.45) is 1.58. The molecule has 15 heavy (non-hydrogen) atoms. The lowest BCUT2D eigenvalue weighted by Crippen LogP contribution is -2.10. The summed E-state index contributed by atoms with van der Waals surface area (Å²) in [5.74, 6) is 5.80. The van der Waals surface area contributed by atoms with Gasteiger partial charge in [0, 0.05) is 17.6 Å². The minimum absolute atomic E-state index is 0. The van der Waals surface area contributed by atoms with Crippen molar-refractivity contribution in [2.24, 2.45) is 5.84 Å². The van der Waals surface area contributed by atoms with Crippen molar-refractivity contribution in [3.05, 3.63) is 34.7 Å². The maximum absolute atomic E-state index is 11.0. The number of aromatic nitrogens is 2. The van der Waals surface area contributed by atoms with Crippen LogP contribution >= 0.6 is 12.4 Å². The number of nitrogens with one attached hydrogen (secondary N) is 2.